The molecule has 0 aromatic carbocycles. The Labute approximate surface area is 89.1 Å². The highest BCUT2D eigenvalue weighted by atomic mass is 35.5. The Balaban J connectivity index is 2.84. The molecule has 1 atom stereocenters. The molecule has 0 radical (unpaired) electrons. The van der Waals surface area contributed by atoms with Crippen molar-refractivity contribution in [3.63, 3.8) is 0 Å². The fourth-order valence-corrected chi connectivity index (χ4v) is 1.71. The third-order valence-electron chi connectivity index (χ3n) is 2.46. The first-order chi connectivity index (χ1) is 6.27. The van der Waals surface area contributed by atoms with E-state index < -0.39 is 0 Å². The van der Waals surface area contributed by atoms with Gasteiger partial charge in [0, 0.05) is 5.38 Å². The smallest absolute Gasteiger partial charge is 0.0307 e. The first-order valence-electron chi connectivity index (χ1n) is 5.91. The molecule has 0 N–H and O–H groups in total. The molecule has 0 rings (SSSR count). The lowest BCUT2D eigenvalue weighted by atomic mass is 10.1. The lowest BCUT2D eigenvalue weighted by molar-refractivity contribution is 0.563. The van der Waals surface area contributed by atoms with Gasteiger partial charge in [0.25, 0.3) is 0 Å². The van der Waals surface area contributed by atoms with Gasteiger partial charge in [0.1, 0.15) is 0 Å². The van der Waals surface area contributed by atoms with Gasteiger partial charge in [-0.05, 0) is 13.3 Å². The van der Waals surface area contributed by atoms with Crippen LogP contribution in [0.1, 0.15) is 71.6 Å². The van der Waals surface area contributed by atoms with Gasteiger partial charge in [-0.25, -0.2) is 0 Å². The summed E-state index contributed by atoms with van der Waals surface area (Å²) in [4.78, 5) is 0. The van der Waals surface area contributed by atoms with E-state index in [1.54, 1.807) is 0 Å². The first-order valence-corrected chi connectivity index (χ1v) is 6.35. The maximum atomic E-state index is 5.86. The van der Waals surface area contributed by atoms with Gasteiger partial charge >= 0.3 is 0 Å². The fourth-order valence-electron chi connectivity index (χ4n) is 1.56. The summed E-state index contributed by atoms with van der Waals surface area (Å²) in [6.07, 6.45) is 12.4. The maximum absolute atomic E-state index is 5.86. The third-order valence-corrected chi connectivity index (χ3v) is 2.67. The summed E-state index contributed by atoms with van der Waals surface area (Å²) in [6, 6.07) is 0. The summed E-state index contributed by atoms with van der Waals surface area (Å²) in [5.74, 6) is 0. The minimum absolute atomic E-state index is 0.375. The highest BCUT2D eigenvalue weighted by Crippen LogP contribution is 2.12. The molecule has 1 heteroatoms. The van der Waals surface area contributed by atoms with E-state index in [1.807, 2.05) is 0 Å². The molecule has 0 aliphatic heterocycles. The highest BCUT2D eigenvalue weighted by Gasteiger charge is 1.95. The van der Waals surface area contributed by atoms with Crippen molar-refractivity contribution in [2.24, 2.45) is 0 Å². The Morgan fingerprint density at radius 2 is 1.31 bits per heavy atom. The second kappa shape index (κ2) is 10.4. The molecular formula is C12H25Cl. The summed E-state index contributed by atoms with van der Waals surface area (Å²) in [5, 5.41) is 0.375. The summed E-state index contributed by atoms with van der Waals surface area (Å²) in [6.45, 7) is 4.35. The number of unbranched alkanes of at least 4 members (excludes halogenated alkanes) is 7. The second-order valence-corrected chi connectivity index (χ2v) is 4.79. The van der Waals surface area contributed by atoms with E-state index in [0.717, 1.165) is 0 Å². The molecule has 0 fully saturated rings. The molecule has 0 aliphatic rings. The number of hydrogen-bond donors (Lipinski definition) is 0. The van der Waals surface area contributed by atoms with Gasteiger partial charge in [-0.15, -0.1) is 11.6 Å². The van der Waals surface area contributed by atoms with Crippen molar-refractivity contribution in [3.8, 4) is 0 Å². The van der Waals surface area contributed by atoms with Crippen LogP contribution >= 0.6 is 11.6 Å². The summed E-state index contributed by atoms with van der Waals surface area (Å²) in [7, 11) is 0. The van der Waals surface area contributed by atoms with Crippen LogP contribution in [0.5, 0.6) is 0 Å². The van der Waals surface area contributed by atoms with E-state index in [0.29, 0.717) is 5.38 Å². The van der Waals surface area contributed by atoms with E-state index in [9.17, 15) is 0 Å². The Morgan fingerprint density at radius 3 is 1.77 bits per heavy atom. The van der Waals surface area contributed by atoms with E-state index in [4.69, 9.17) is 11.6 Å². The molecule has 0 nitrogen and oxygen atoms in total. The van der Waals surface area contributed by atoms with Crippen LogP contribution in [0.15, 0.2) is 0 Å². The van der Waals surface area contributed by atoms with E-state index >= 15 is 0 Å². The lowest BCUT2D eigenvalue weighted by Gasteiger charge is -2.02. The molecule has 13 heavy (non-hydrogen) atoms. The lowest BCUT2D eigenvalue weighted by Crippen LogP contribution is -1.89. The Morgan fingerprint density at radius 1 is 0.846 bits per heavy atom. The van der Waals surface area contributed by atoms with Crippen molar-refractivity contribution in [1.29, 1.82) is 0 Å². The van der Waals surface area contributed by atoms with Crippen molar-refractivity contribution in [2.75, 3.05) is 0 Å². The standard InChI is InChI=1S/C12H25Cl/c1-3-4-5-6-7-8-9-10-11-12(2)13/h12H,3-11H2,1-2H3. The van der Waals surface area contributed by atoms with Crippen LogP contribution in [0.3, 0.4) is 0 Å². The Hall–Kier alpha value is 0.290. The van der Waals surface area contributed by atoms with Crippen LogP contribution in [0.2, 0.25) is 0 Å². The maximum Gasteiger partial charge on any atom is 0.0307 e. The summed E-state index contributed by atoms with van der Waals surface area (Å²) in [5.41, 5.74) is 0. The molecule has 0 heterocycles. The predicted octanol–water partition coefficient (Wildman–Crippen LogP) is 5.14. The van der Waals surface area contributed by atoms with E-state index in [2.05, 4.69) is 13.8 Å². The molecule has 0 spiro atoms. The van der Waals surface area contributed by atoms with Crippen molar-refractivity contribution in [1.82, 2.24) is 0 Å². The minimum Gasteiger partial charge on any atom is -0.123 e. The zero-order valence-electron chi connectivity index (χ0n) is 9.32. The molecule has 0 saturated carbocycles. The Kier molecular flexibility index (Phi) is 10.6. The molecular weight excluding hydrogens is 180 g/mol. The SMILES string of the molecule is CCCCCCCCCCC(C)Cl. The molecule has 0 bridgehead atoms. The average molecular weight is 205 g/mol. The van der Waals surface area contributed by atoms with Gasteiger partial charge in [-0.2, -0.15) is 0 Å². The van der Waals surface area contributed by atoms with Gasteiger partial charge in [-0.3, -0.25) is 0 Å². The van der Waals surface area contributed by atoms with Crippen LogP contribution in [-0.2, 0) is 0 Å². The van der Waals surface area contributed by atoms with E-state index in [-0.39, 0.29) is 0 Å². The number of hydrogen-bond acceptors (Lipinski definition) is 0. The van der Waals surface area contributed by atoms with Crippen molar-refractivity contribution in [2.45, 2.75) is 77.0 Å². The monoisotopic (exact) mass is 204 g/mol. The molecule has 1 unspecified atom stereocenters. The topological polar surface area (TPSA) is 0 Å². The highest BCUT2D eigenvalue weighted by molar-refractivity contribution is 6.20. The van der Waals surface area contributed by atoms with Crippen LogP contribution in [0.25, 0.3) is 0 Å². The Bertz CT molecular complexity index is 89.1. The molecule has 0 aromatic rings. The van der Waals surface area contributed by atoms with Gasteiger partial charge in [-0.1, -0.05) is 58.3 Å². The number of rotatable bonds is 9. The molecule has 0 amide bonds. The fraction of sp³-hybridized carbons (Fsp3) is 1.00. The normalized spacial score (nSPS) is 13.2. The predicted molar refractivity (Wildman–Crippen MR) is 62.5 cm³/mol. The van der Waals surface area contributed by atoms with Gasteiger partial charge in [0.05, 0.1) is 0 Å². The number of alkyl halides is 1. The van der Waals surface area contributed by atoms with Gasteiger partial charge in [0.2, 0.25) is 0 Å². The quantitative estimate of drug-likeness (QED) is 0.360. The zero-order chi connectivity index (χ0) is 9.94. The van der Waals surface area contributed by atoms with Crippen molar-refractivity contribution >= 4 is 11.6 Å². The number of halogens is 1. The molecule has 80 valence electrons. The van der Waals surface area contributed by atoms with Crippen molar-refractivity contribution < 1.29 is 0 Å². The molecule has 0 aliphatic carbocycles. The summed E-state index contributed by atoms with van der Waals surface area (Å²) < 4.78 is 0. The minimum atomic E-state index is 0.375. The molecule has 0 saturated heterocycles. The zero-order valence-corrected chi connectivity index (χ0v) is 10.1. The van der Waals surface area contributed by atoms with Crippen molar-refractivity contribution in [3.05, 3.63) is 0 Å². The molecule has 0 aromatic heterocycles. The van der Waals surface area contributed by atoms with Crippen LogP contribution in [0.4, 0.5) is 0 Å². The largest absolute Gasteiger partial charge is 0.123 e. The second-order valence-electron chi connectivity index (χ2n) is 4.04. The first kappa shape index (κ1) is 13.3. The van der Waals surface area contributed by atoms with Gasteiger partial charge in [0.15, 0.2) is 0 Å². The van der Waals surface area contributed by atoms with Crippen LogP contribution < -0.4 is 0 Å². The third kappa shape index (κ3) is 12.3. The van der Waals surface area contributed by atoms with Crippen LogP contribution in [-0.4, -0.2) is 5.38 Å². The average Bonchev–Trinajstić information content (AvgIpc) is 2.09. The van der Waals surface area contributed by atoms with E-state index in [1.165, 1.54) is 57.8 Å². The van der Waals surface area contributed by atoms with Crippen LogP contribution in [0, 0.1) is 0 Å². The summed E-state index contributed by atoms with van der Waals surface area (Å²) >= 11 is 5.86. The van der Waals surface area contributed by atoms with Gasteiger partial charge < -0.3 is 0 Å².